The minimum atomic E-state index is -0.133. The van der Waals surface area contributed by atoms with Gasteiger partial charge in [-0.1, -0.05) is 31.5 Å². The van der Waals surface area contributed by atoms with Crippen LogP contribution in [0.5, 0.6) is 0 Å². The molecule has 0 saturated heterocycles. The Labute approximate surface area is 124 Å². The van der Waals surface area contributed by atoms with Crippen LogP contribution in [0.2, 0.25) is 0 Å². The first-order valence-electron chi connectivity index (χ1n) is 7.13. The van der Waals surface area contributed by atoms with Crippen molar-refractivity contribution >= 4 is 17.5 Å². The third kappa shape index (κ3) is 4.27. The smallest absolute Gasteiger partial charge is 0.254 e. The van der Waals surface area contributed by atoms with Crippen LogP contribution in [0.25, 0.3) is 0 Å². The molecule has 0 aliphatic rings. The van der Waals surface area contributed by atoms with Crippen molar-refractivity contribution in [3.8, 4) is 0 Å². The number of amides is 1. The molecule has 0 saturated carbocycles. The second-order valence-corrected chi connectivity index (χ2v) is 4.84. The minimum Gasteiger partial charge on any atom is -0.352 e. The summed E-state index contributed by atoms with van der Waals surface area (Å²) >= 11 is 0. The number of hydrogen-bond donors (Lipinski definition) is 2. The quantitative estimate of drug-likeness (QED) is 0.800. The number of aromatic nitrogens is 2. The van der Waals surface area contributed by atoms with Crippen molar-refractivity contribution in [1.82, 2.24) is 15.3 Å². The van der Waals surface area contributed by atoms with Gasteiger partial charge in [0.15, 0.2) is 0 Å². The lowest BCUT2D eigenvalue weighted by Gasteiger charge is -2.08. The lowest BCUT2D eigenvalue weighted by atomic mass is 10.2. The summed E-state index contributed by atoms with van der Waals surface area (Å²) in [5, 5.41) is 5.98. The van der Waals surface area contributed by atoms with E-state index in [2.05, 4.69) is 27.5 Å². The van der Waals surface area contributed by atoms with Crippen molar-refractivity contribution in [2.24, 2.45) is 0 Å². The summed E-state index contributed by atoms with van der Waals surface area (Å²) in [4.78, 5) is 20.2. The molecule has 0 aliphatic carbocycles. The number of nitrogens with one attached hydrogen (secondary N) is 2. The molecule has 5 heteroatoms. The summed E-state index contributed by atoms with van der Waals surface area (Å²) in [5.74, 6) is 0.347. The van der Waals surface area contributed by atoms with Crippen LogP contribution in [-0.4, -0.2) is 22.4 Å². The average molecular weight is 284 g/mol. The molecule has 21 heavy (non-hydrogen) atoms. The Bertz CT molecular complexity index is 595. The van der Waals surface area contributed by atoms with Crippen molar-refractivity contribution in [3.05, 3.63) is 47.8 Å². The monoisotopic (exact) mass is 284 g/mol. The molecule has 0 fully saturated rings. The average Bonchev–Trinajstić information content (AvgIpc) is 2.50. The molecule has 2 rings (SSSR count). The van der Waals surface area contributed by atoms with E-state index in [-0.39, 0.29) is 5.91 Å². The highest BCUT2D eigenvalue weighted by atomic mass is 16.1. The summed E-state index contributed by atoms with van der Waals surface area (Å²) < 4.78 is 0. The van der Waals surface area contributed by atoms with Gasteiger partial charge in [-0.05, 0) is 25.0 Å². The molecule has 0 unspecified atom stereocenters. The fourth-order valence-corrected chi connectivity index (χ4v) is 1.82. The molecule has 0 atom stereocenters. The highest BCUT2D eigenvalue weighted by molar-refractivity contribution is 5.93. The van der Waals surface area contributed by atoms with Gasteiger partial charge in [-0.2, -0.15) is 0 Å². The van der Waals surface area contributed by atoms with E-state index in [0.717, 1.165) is 24.1 Å². The SMILES string of the molecule is CCCCNC(=O)c1cnc(Nc2ccccc2C)nc1. The van der Waals surface area contributed by atoms with Gasteiger partial charge in [0.1, 0.15) is 0 Å². The summed E-state index contributed by atoms with van der Waals surface area (Å²) in [5.41, 5.74) is 2.54. The van der Waals surface area contributed by atoms with Crippen LogP contribution in [0, 0.1) is 6.92 Å². The van der Waals surface area contributed by atoms with Gasteiger partial charge >= 0.3 is 0 Å². The number of carbonyl (C=O) groups is 1. The lowest BCUT2D eigenvalue weighted by molar-refractivity contribution is 0.0952. The Morgan fingerprint density at radius 2 is 1.90 bits per heavy atom. The van der Waals surface area contributed by atoms with Crippen LogP contribution in [0.3, 0.4) is 0 Å². The molecular formula is C16H20N4O. The standard InChI is InChI=1S/C16H20N4O/c1-3-4-9-17-15(21)13-10-18-16(19-11-13)20-14-8-6-5-7-12(14)2/h5-8,10-11H,3-4,9H2,1-2H3,(H,17,21)(H,18,19,20). The normalized spacial score (nSPS) is 10.2. The van der Waals surface area contributed by atoms with Crippen molar-refractivity contribution in [1.29, 1.82) is 0 Å². The van der Waals surface area contributed by atoms with Gasteiger partial charge in [-0.3, -0.25) is 4.79 Å². The number of anilines is 2. The Morgan fingerprint density at radius 1 is 1.19 bits per heavy atom. The van der Waals surface area contributed by atoms with E-state index in [1.54, 1.807) is 0 Å². The Kier molecular flexibility index (Phi) is 5.26. The van der Waals surface area contributed by atoms with Crippen molar-refractivity contribution in [3.63, 3.8) is 0 Å². The first-order valence-corrected chi connectivity index (χ1v) is 7.13. The second kappa shape index (κ2) is 7.38. The van der Waals surface area contributed by atoms with Gasteiger partial charge in [0.05, 0.1) is 5.56 Å². The van der Waals surface area contributed by atoms with Crippen LogP contribution in [-0.2, 0) is 0 Å². The number of nitrogens with zero attached hydrogens (tertiary/aromatic N) is 2. The van der Waals surface area contributed by atoms with E-state index in [4.69, 9.17) is 0 Å². The molecule has 2 aromatic rings. The molecule has 0 radical (unpaired) electrons. The molecular weight excluding hydrogens is 264 g/mol. The number of benzene rings is 1. The maximum Gasteiger partial charge on any atom is 0.254 e. The molecule has 1 aromatic carbocycles. The first-order chi connectivity index (χ1) is 10.2. The van der Waals surface area contributed by atoms with Gasteiger partial charge in [0, 0.05) is 24.6 Å². The number of para-hydroxylation sites is 1. The van der Waals surface area contributed by atoms with E-state index in [0.29, 0.717) is 18.1 Å². The fraction of sp³-hybridized carbons (Fsp3) is 0.312. The number of carbonyl (C=O) groups excluding carboxylic acids is 1. The Morgan fingerprint density at radius 3 is 2.57 bits per heavy atom. The van der Waals surface area contributed by atoms with E-state index in [1.165, 1.54) is 12.4 Å². The van der Waals surface area contributed by atoms with Crippen LogP contribution >= 0.6 is 0 Å². The molecule has 0 spiro atoms. The van der Waals surface area contributed by atoms with Crippen molar-refractivity contribution in [2.45, 2.75) is 26.7 Å². The second-order valence-electron chi connectivity index (χ2n) is 4.84. The molecule has 0 aliphatic heterocycles. The van der Waals surface area contributed by atoms with E-state index in [1.807, 2.05) is 31.2 Å². The molecule has 0 bridgehead atoms. The third-order valence-corrected chi connectivity index (χ3v) is 3.12. The van der Waals surface area contributed by atoms with Crippen LogP contribution in [0.4, 0.5) is 11.6 Å². The summed E-state index contributed by atoms with van der Waals surface area (Å²) in [6, 6.07) is 7.90. The minimum absolute atomic E-state index is 0.133. The van der Waals surface area contributed by atoms with Gasteiger partial charge in [0.2, 0.25) is 5.95 Å². The zero-order valence-electron chi connectivity index (χ0n) is 12.4. The van der Waals surface area contributed by atoms with Gasteiger partial charge < -0.3 is 10.6 Å². The number of aryl methyl sites for hydroxylation is 1. The number of unbranched alkanes of at least 4 members (excludes halogenated alkanes) is 1. The first kappa shape index (κ1) is 15.0. The van der Waals surface area contributed by atoms with Crippen LogP contribution in [0.1, 0.15) is 35.7 Å². The van der Waals surface area contributed by atoms with E-state index in [9.17, 15) is 4.79 Å². The van der Waals surface area contributed by atoms with Crippen LogP contribution in [0.15, 0.2) is 36.7 Å². The summed E-state index contributed by atoms with van der Waals surface area (Å²) in [6.07, 6.45) is 5.10. The van der Waals surface area contributed by atoms with E-state index >= 15 is 0 Å². The third-order valence-electron chi connectivity index (χ3n) is 3.12. The fourth-order valence-electron chi connectivity index (χ4n) is 1.82. The van der Waals surface area contributed by atoms with Gasteiger partial charge in [-0.15, -0.1) is 0 Å². The lowest BCUT2D eigenvalue weighted by Crippen LogP contribution is -2.24. The predicted molar refractivity (Wildman–Crippen MR) is 83.7 cm³/mol. The maximum absolute atomic E-state index is 11.8. The van der Waals surface area contributed by atoms with Crippen molar-refractivity contribution in [2.75, 3.05) is 11.9 Å². The predicted octanol–water partition coefficient (Wildman–Crippen LogP) is 3.06. The largest absolute Gasteiger partial charge is 0.352 e. The van der Waals surface area contributed by atoms with Gasteiger partial charge in [-0.25, -0.2) is 9.97 Å². The number of hydrogen-bond acceptors (Lipinski definition) is 4. The van der Waals surface area contributed by atoms with Crippen LogP contribution < -0.4 is 10.6 Å². The summed E-state index contributed by atoms with van der Waals surface area (Å²) in [6.45, 7) is 4.78. The van der Waals surface area contributed by atoms with Crippen molar-refractivity contribution < 1.29 is 4.79 Å². The van der Waals surface area contributed by atoms with E-state index < -0.39 is 0 Å². The molecule has 110 valence electrons. The Balaban J connectivity index is 1.99. The Hall–Kier alpha value is -2.43. The highest BCUT2D eigenvalue weighted by Gasteiger charge is 2.06. The van der Waals surface area contributed by atoms with Gasteiger partial charge in [0.25, 0.3) is 5.91 Å². The zero-order valence-corrected chi connectivity index (χ0v) is 12.4. The maximum atomic E-state index is 11.8. The molecule has 2 N–H and O–H groups in total. The molecule has 1 aromatic heterocycles. The molecule has 5 nitrogen and oxygen atoms in total. The molecule has 1 heterocycles. The highest BCUT2D eigenvalue weighted by Crippen LogP contribution is 2.16. The number of rotatable bonds is 6. The topological polar surface area (TPSA) is 66.9 Å². The zero-order chi connectivity index (χ0) is 15.1. The summed E-state index contributed by atoms with van der Waals surface area (Å²) in [7, 11) is 0. The molecule has 1 amide bonds.